The van der Waals surface area contributed by atoms with Crippen molar-refractivity contribution in [3.8, 4) is 0 Å². The second-order valence-electron chi connectivity index (χ2n) is 5.25. The number of carbonyl (C=O) groups is 1. The smallest absolute Gasteiger partial charge is 0.325 e. The Morgan fingerprint density at radius 3 is 2.71 bits per heavy atom. The first-order chi connectivity index (χ1) is 11.5. The monoisotopic (exact) mass is 342 g/mol. The molecular formula is C17H15ClN4O2. The first-order valence-corrected chi connectivity index (χ1v) is 7.69. The van der Waals surface area contributed by atoms with Gasteiger partial charge in [0.1, 0.15) is 11.9 Å². The SMILES string of the molecule is CC(Nc1nc(Nc2cccc(Cl)c2)nc2ccccc12)C(=O)O. The zero-order chi connectivity index (χ0) is 17.1. The third kappa shape index (κ3) is 3.55. The van der Waals surface area contributed by atoms with Crippen molar-refractivity contribution in [3.05, 3.63) is 53.6 Å². The Hall–Kier alpha value is -2.86. The first kappa shape index (κ1) is 16.0. The van der Waals surface area contributed by atoms with Gasteiger partial charge in [0.05, 0.1) is 5.52 Å². The molecule has 1 heterocycles. The Balaban J connectivity index is 2.01. The molecule has 3 aromatic rings. The van der Waals surface area contributed by atoms with Crippen LogP contribution in [0.2, 0.25) is 5.02 Å². The van der Waals surface area contributed by atoms with Gasteiger partial charge in [-0.25, -0.2) is 4.98 Å². The zero-order valence-corrected chi connectivity index (χ0v) is 13.6. The highest BCUT2D eigenvalue weighted by molar-refractivity contribution is 6.30. The Morgan fingerprint density at radius 2 is 1.96 bits per heavy atom. The van der Waals surface area contributed by atoms with Crippen LogP contribution in [0.4, 0.5) is 17.5 Å². The van der Waals surface area contributed by atoms with E-state index in [1.54, 1.807) is 19.1 Å². The number of hydrogen-bond donors (Lipinski definition) is 3. The third-order valence-corrected chi connectivity index (χ3v) is 3.64. The number of rotatable bonds is 5. The molecule has 24 heavy (non-hydrogen) atoms. The number of aliphatic carboxylic acids is 1. The summed E-state index contributed by atoms with van der Waals surface area (Å²) in [4.78, 5) is 20.0. The molecule has 7 heteroatoms. The molecule has 3 rings (SSSR count). The van der Waals surface area contributed by atoms with Crippen LogP contribution in [0.1, 0.15) is 6.92 Å². The normalized spacial score (nSPS) is 11.9. The van der Waals surface area contributed by atoms with E-state index in [0.29, 0.717) is 22.3 Å². The summed E-state index contributed by atoms with van der Waals surface area (Å²) < 4.78 is 0. The van der Waals surface area contributed by atoms with Crippen LogP contribution < -0.4 is 10.6 Å². The van der Waals surface area contributed by atoms with Gasteiger partial charge >= 0.3 is 5.97 Å². The van der Waals surface area contributed by atoms with E-state index in [1.165, 1.54) is 0 Å². The van der Waals surface area contributed by atoms with Gasteiger partial charge in [0.25, 0.3) is 0 Å². The Kier molecular flexibility index (Phi) is 4.48. The minimum absolute atomic E-state index is 0.357. The molecule has 0 aliphatic heterocycles. The lowest BCUT2D eigenvalue weighted by atomic mass is 10.2. The van der Waals surface area contributed by atoms with Gasteiger partial charge in [0, 0.05) is 16.1 Å². The maximum Gasteiger partial charge on any atom is 0.325 e. The standard InChI is InChI=1S/C17H15ClN4O2/c1-10(16(23)24)19-15-13-7-2-3-8-14(13)21-17(22-15)20-12-6-4-5-11(18)9-12/h2-10H,1H3,(H,23,24)(H2,19,20,21,22). The van der Waals surface area contributed by atoms with Gasteiger partial charge in [-0.15, -0.1) is 0 Å². The molecule has 0 bridgehead atoms. The summed E-state index contributed by atoms with van der Waals surface area (Å²) in [6, 6.07) is 13.8. The third-order valence-electron chi connectivity index (χ3n) is 3.41. The first-order valence-electron chi connectivity index (χ1n) is 7.31. The van der Waals surface area contributed by atoms with E-state index in [1.807, 2.05) is 36.4 Å². The van der Waals surface area contributed by atoms with Gasteiger partial charge in [-0.05, 0) is 37.3 Å². The Bertz CT molecular complexity index is 901. The molecule has 0 saturated carbocycles. The van der Waals surface area contributed by atoms with Crippen LogP contribution in [-0.4, -0.2) is 27.1 Å². The van der Waals surface area contributed by atoms with Gasteiger partial charge in [-0.3, -0.25) is 4.79 Å². The van der Waals surface area contributed by atoms with Crippen molar-refractivity contribution in [3.63, 3.8) is 0 Å². The summed E-state index contributed by atoms with van der Waals surface area (Å²) in [5.74, 6) is -0.141. The minimum Gasteiger partial charge on any atom is -0.480 e. The lowest BCUT2D eigenvalue weighted by Gasteiger charge is -2.14. The largest absolute Gasteiger partial charge is 0.480 e. The van der Waals surface area contributed by atoms with Gasteiger partial charge < -0.3 is 15.7 Å². The van der Waals surface area contributed by atoms with Crippen LogP contribution in [0.15, 0.2) is 48.5 Å². The predicted molar refractivity (Wildman–Crippen MR) is 95.0 cm³/mol. The summed E-state index contributed by atoms with van der Waals surface area (Å²) in [6.07, 6.45) is 0. The molecule has 3 N–H and O–H groups in total. The second kappa shape index (κ2) is 6.72. The van der Waals surface area contributed by atoms with E-state index < -0.39 is 12.0 Å². The van der Waals surface area contributed by atoms with Crippen molar-refractivity contribution in [2.24, 2.45) is 0 Å². The fourth-order valence-electron chi connectivity index (χ4n) is 2.20. The maximum absolute atomic E-state index is 11.1. The number of halogens is 1. The van der Waals surface area contributed by atoms with Crippen LogP contribution in [0.25, 0.3) is 10.9 Å². The van der Waals surface area contributed by atoms with Crippen LogP contribution in [-0.2, 0) is 4.79 Å². The number of benzene rings is 2. The highest BCUT2D eigenvalue weighted by atomic mass is 35.5. The minimum atomic E-state index is -0.956. The van der Waals surface area contributed by atoms with Gasteiger partial charge in [-0.2, -0.15) is 4.98 Å². The topological polar surface area (TPSA) is 87.1 Å². The lowest BCUT2D eigenvalue weighted by Crippen LogP contribution is -2.26. The van der Waals surface area contributed by atoms with Crippen molar-refractivity contribution in [2.45, 2.75) is 13.0 Å². The summed E-state index contributed by atoms with van der Waals surface area (Å²) >= 11 is 5.98. The number of nitrogens with zero attached hydrogens (tertiary/aromatic N) is 2. The summed E-state index contributed by atoms with van der Waals surface area (Å²) in [6.45, 7) is 1.56. The van der Waals surface area contributed by atoms with Gasteiger partial charge in [-0.1, -0.05) is 29.8 Å². The van der Waals surface area contributed by atoms with E-state index in [0.717, 1.165) is 11.1 Å². The fourth-order valence-corrected chi connectivity index (χ4v) is 2.39. The number of carboxylic acids is 1. The zero-order valence-electron chi connectivity index (χ0n) is 12.8. The molecule has 0 aliphatic rings. The Labute approximate surface area is 143 Å². The van der Waals surface area contributed by atoms with Crippen LogP contribution in [0, 0.1) is 0 Å². The van der Waals surface area contributed by atoms with Crippen molar-refractivity contribution >= 4 is 45.9 Å². The molecule has 0 saturated heterocycles. The van der Waals surface area contributed by atoms with Crippen molar-refractivity contribution in [1.82, 2.24) is 9.97 Å². The predicted octanol–water partition coefficient (Wildman–Crippen LogP) is 3.91. The highest BCUT2D eigenvalue weighted by Gasteiger charge is 2.14. The molecule has 0 amide bonds. The van der Waals surface area contributed by atoms with E-state index in [-0.39, 0.29) is 0 Å². The van der Waals surface area contributed by atoms with Crippen molar-refractivity contribution < 1.29 is 9.90 Å². The molecule has 2 aromatic carbocycles. The van der Waals surface area contributed by atoms with Crippen LogP contribution >= 0.6 is 11.6 Å². The summed E-state index contributed by atoms with van der Waals surface area (Å²) in [5.41, 5.74) is 1.45. The average molecular weight is 343 g/mol. The quantitative estimate of drug-likeness (QED) is 0.651. The molecular weight excluding hydrogens is 328 g/mol. The fraction of sp³-hybridized carbons (Fsp3) is 0.118. The average Bonchev–Trinajstić information content (AvgIpc) is 2.54. The molecule has 1 aromatic heterocycles. The number of anilines is 3. The number of carboxylic acid groups (broad SMARTS) is 1. The molecule has 0 spiro atoms. The molecule has 0 aliphatic carbocycles. The van der Waals surface area contributed by atoms with Crippen LogP contribution in [0.5, 0.6) is 0 Å². The van der Waals surface area contributed by atoms with E-state index in [9.17, 15) is 4.79 Å². The summed E-state index contributed by atoms with van der Waals surface area (Å²) in [7, 11) is 0. The van der Waals surface area contributed by atoms with Crippen LogP contribution in [0.3, 0.4) is 0 Å². The number of nitrogens with one attached hydrogen (secondary N) is 2. The van der Waals surface area contributed by atoms with E-state index in [2.05, 4.69) is 20.6 Å². The molecule has 1 atom stereocenters. The Morgan fingerprint density at radius 1 is 1.17 bits per heavy atom. The second-order valence-corrected chi connectivity index (χ2v) is 5.69. The molecule has 0 fully saturated rings. The number of hydrogen-bond acceptors (Lipinski definition) is 5. The number of aromatic nitrogens is 2. The van der Waals surface area contributed by atoms with Gasteiger partial charge in [0.15, 0.2) is 0 Å². The highest BCUT2D eigenvalue weighted by Crippen LogP contribution is 2.25. The maximum atomic E-state index is 11.1. The van der Waals surface area contributed by atoms with Crippen molar-refractivity contribution in [2.75, 3.05) is 10.6 Å². The van der Waals surface area contributed by atoms with Gasteiger partial charge in [0.2, 0.25) is 5.95 Å². The van der Waals surface area contributed by atoms with E-state index in [4.69, 9.17) is 16.7 Å². The molecule has 6 nitrogen and oxygen atoms in total. The lowest BCUT2D eigenvalue weighted by molar-refractivity contribution is -0.137. The number of fused-ring (bicyclic) bond motifs is 1. The van der Waals surface area contributed by atoms with Crippen molar-refractivity contribution in [1.29, 1.82) is 0 Å². The number of para-hydroxylation sites is 1. The van der Waals surface area contributed by atoms with E-state index >= 15 is 0 Å². The molecule has 1 unspecified atom stereocenters. The molecule has 122 valence electrons. The summed E-state index contributed by atoms with van der Waals surface area (Å²) in [5, 5.41) is 16.5. The molecule has 0 radical (unpaired) electrons.